The molecule has 0 amide bonds. The average molecular weight is 350 g/mol. The maximum atomic E-state index is 10.5. The van der Waals surface area contributed by atoms with Crippen LogP contribution < -0.4 is 0 Å². The third-order valence-electron chi connectivity index (χ3n) is 4.52. The van der Waals surface area contributed by atoms with Crippen LogP contribution in [-0.4, -0.2) is 24.9 Å². The molecule has 0 saturated heterocycles. The molecule has 2 aromatic heterocycles. The van der Waals surface area contributed by atoms with Crippen LogP contribution in [0, 0.1) is 0 Å². The minimum atomic E-state index is -0.584. The molecule has 1 aromatic carbocycles. The van der Waals surface area contributed by atoms with Crippen LogP contribution in [0.3, 0.4) is 0 Å². The van der Waals surface area contributed by atoms with Gasteiger partial charge in [0.25, 0.3) is 0 Å². The fourth-order valence-electron chi connectivity index (χ4n) is 3.08. The summed E-state index contributed by atoms with van der Waals surface area (Å²) < 4.78 is 1.66. The van der Waals surface area contributed by atoms with Gasteiger partial charge in [-0.3, -0.25) is 9.67 Å². The van der Waals surface area contributed by atoms with Gasteiger partial charge in [0.2, 0.25) is 0 Å². The van der Waals surface area contributed by atoms with E-state index in [2.05, 4.69) is 45.4 Å². The zero-order valence-electron chi connectivity index (χ0n) is 15.3. The molecule has 1 unspecified atom stereocenters. The summed E-state index contributed by atoms with van der Waals surface area (Å²) in [7, 11) is 1.82. The van der Waals surface area contributed by atoms with E-state index in [1.807, 2.05) is 25.2 Å². The van der Waals surface area contributed by atoms with E-state index < -0.39 is 6.10 Å². The van der Waals surface area contributed by atoms with Gasteiger partial charge in [0.05, 0.1) is 0 Å². The number of pyridine rings is 1. The van der Waals surface area contributed by atoms with Crippen molar-refractivity contribution in [3.05, 3.63) is 66.1 Å². The van der Waals surface area contributed by atoms with Gasteiger partial charge in [0.15, 0.2) is 11.6 Å². The van der Waals surface area contributed by atoms with Crippen LogP contribution in [0.1, 0.15) is 49.6 Å². The largest absolute Gasteiger partial charge is 0.385 e. The highest BCUT2D eigenvalue weighted by molar-refractivity contribution is 5.47. The smallest absolute Gasteiger partial charge is 0.200 e. The van der Waals surface area contributed by atoms with Crippen LogP contribution in [0.15, 0.2) is 54.7 Å². The van der Waals surface area contributed by atoms with Crippen molar-refractivity contribution in [2.45, 2.75) is 44.6 Å². The number of aromatic nitrogens is 4. The second-order valence-electron chi connectivity index (χ2n) is 6.59. The molecule has 0 aliphatic carbocycles. The molecule has 26 heavy (non-hydrogen) atoms. The van der Waals surface area contributed by atoms with Gasteiger partial charge in [-0.05, 0) is 37.0 Å². The Morgan fingerprint density at radius 3 is 2.50 bits per heavy atom. The fourth-order valence-corrected chi connectivity index (χ4v) is 3.08. The summed E-state index contributed by atoms with van der Waals surface area (Å²) in [6.45, 7) is 0. The van der Waals surface area contributed by atoms with Gasteiger partial charge in [0, 0.05) is 13.2 Å². The Morgan fingerprint density at radius 2 is 1.73 bits per heavy atom. The molecule has 0 saturated carbocycles. The van der Waals surface area contributed by atoms with Gasteiger partial charge >= 0.3 is 0 Å². The Hall–Kier alpha value is -2.53. The van der Waals surface area contributed by atoms with Crippen LogP contribution in [0.5, 0.6) is 0 Å². The number of hydrogen-bond acceptors (Lipinski definition) is 4. The topological polar surface area (TPSA) is 63.8 Å². The van der Waals surface area contributed by atoms with Gasteiger partial charge in [-0.25, -0.2) is 4.98 Å². The summed E-state index contributed by atoms with van der Waals surface area (Å²) in [6.07, 6.45) is 7.44. The molecule has 1 atom stereocenters. The molecule has 2 heterocycles. The number of benzene rings is 1. The fraction of sp³-hybridized carbons (Fsp3) is 0.381. The van der Waals surface area contributed by atoms with Crippen molar-refractivity contribution in [2.24, 2.45) is 7.05 Å². The number of hydrogen-bond donors (Lipinski definition) is 1. The molecular weight excluding hydrogens is 324 g/mol. The lowest BCUT2D eigenvalue weighted by Gasteiger charge is -2.09. The highest BCUT2D eigenvalue weighted by Crippen LogP contribution is 2.21. The van der Waals surface area contributed by atoms with E-state index in [9.17, 15) is 5.11 Å². The molecule has 1 N–H and O–H groups in total. The van der Waals surface area contributed by atoms with Crippen LogP contribution >= 0.6 is 0 Å². The highest BCUT2D eigenvalue weighted by atomic mass is 16.3. The quantitative estimate of drug-likeness (QED) is 0.590. The number of aryl methyl sites for hydroxylation is 2. The minimum Gasteiger partial charge on any atom is -0.385 e. The monoisotopic (exact) mass is 350 g/mol. The van der Waals surface area contributed by atoms with E-state index in [1.165, 1.54) is 18.4 Å². The van der Waals surface area contributed by atoms with Gasteiger partial charge in [-0.15, -0.1) is 5.10 Å². The van der Waals surface area contributed by atoms with Gasteiger partial charge in [-0.2, -0.15) is 0 Å². The molecule has 3 aromatic rings. The first-order valence-corrected chi connectivity index (χ1v) is 9.28. The van der Waals surface area contributed by atoms with Crippen molar-refractivity contribution >= 4 is 0 Å². The number of aliphatic hydroxyl groups is 1. The van der Waals surface area contributed by atoms with Crippen molar-refractivity contribution in [3.8, 4) is 11.5 Å². The lowest BCUT2D eigenvalue weighted by molar-refractivity contribution is 0.149. The average Bonchev–Trinajstić information content (AvgIpc) is 3.08. The molecule has 5 heteroatoms. The first-order chi connectivity index (χ1) is 12.7. The Kier molecular flexibility index (Phi) is 6.50. The molecule has 0 spiro atoms. The van der Waals surface area contributed by atoms with Crippen molar-refractivity contribution in [1.29, 1.82) is 0 Å². The van der Waals surface area contributed by atoms with Crippen molar-refractivity contribution < 1.29 is 5.11 Å². The third kappa shape index (κ3) is 4.99. The number of unbranched alkanes of at least 4 members (excludes halogenated alkanes) is 3. The predicted octanol–water partition coefficient (Wildman–Crippen LogP) is 4.10. The molecule has 0 aliphatic rings. The van der Waals surface area contributed by atoms with E-state index in [4.69, 9.17) is 0 Å². The van der Waals surface area contributed by atoms with E-state index in [1.54, 1.807) is 10.9 Å². The van der Waals surface area contributed by atoms with Gasteiger partial charge in [0.1, 0.15) is 11.8 Å². The number of nitrogens with zero attached hydrogens (tertiary/aromatic N) is 4. The van der Waals surface area contributed by atoms with Crippen molar-refractivity contribution in [2.75, 3.05) is 0 Å². The SMILES string of the molecule is Cn1nc(-c2ccccn2)nc1C(O)CCCCCCc1ccccc1. The van der Waals surface area contributed by atoms with E-state index in [-0.39, 0.29) is 0 Å². The van der Waals surface area contributed by atoms with Crippen LogP contribution in [-0.2, 0) is 13.5 Å². The number of rotatable bonds is 9. The maximum absolute atomic E-state index is 10.5. The maximum Gasteiger partial charge on any atom is 0.200 e. The highest BCUT2D eigenvalue weighted by Gasteiger charge is 2.17. The molecule has 0 fully saturated rings. The second kappa shape index (κ2) is 9.25. The van der Waals surface area contributed by atoms with E-state index in [0.29, 0.717) is 18.1 Å². The van der Waals surface area contributed by atoms with Crippen LogP contribution in [0.4, 0.5) is 0 Å². The van der Waals surface area contributed by atoms with Crippen LogP contribution in [0.2, 0.25) is 0 Å². The summed E-state index contributed by atoms with van der Waals surface area (Å²) in [5.41, 5.74) is 2.12. The zero-order chi connectivity index (χ0) is 18.2. The molecule has 0 radical (unpaired) electrons. The minimum absolute atomic E-state index is 0.560. The number of aliphatic hydroxyl groups excluding tert-OH is 1. The van der Waals surface area contributed by atoms with Gasteiger partial charge in [-0.1, -0.05) is 55.7 Å². The molecule has 0 aliphatic heterocycles. The van der Waals surface area contributed by atoms with Crippen molar-refractivity contribution in [1.82, 2.24) is 19.7 Å². The standard InChI is InChI=1S/C21H26N4O/c1-25-21(23-20(24-25)18-14-9-10-16-22-18)19(26)15-8-3-2-5-11-17-12-6-4-7-13-17/h4,6-7,9-10,12-14,16,19,26H,2-3,5,8,11,15H2,1H3. The summed E-state index contributed by atoms with van der Waals surface area (Å²) in [4.78, 5) is 8.74. The summed E-state index contributed by atoms with van der Waals surface area (Å²) in [5.74, 6) is 1.17. The van der Waals surface area contributed by atoms with E-state index >= 15 is 0 Å². The van der Waals surface area contributed by atoms with Gasteiger partial charge < -0.3 is 5.11 Å². The second-order valence-corrected chi connectivity index (χ2v) is 6.59. The van der Waals surface area contributed by atoms with E-state index in [0.717, 1.165) is 25.0 Å². The predicted molar refractivity (Wildman–Crippen MR) is 102 cm³/mol. The lowest BCUT2D eigenvalue weighted by Crippen LogP contribution is -2.06. The Balaban J connectivity index is 1.42. The first kappa shape index (κ1) is 18.3. The van der Waals surface area contributed by atoms with Crippen LogP contribution in [0.25, 0.3) is 11.5 Å². The Labute approximate surface area is 154 Å². The molecular formula is C21H26N4O. The first-order valence-electron chi connectivity index (χ1n) is 9.28. The summed E-state index contributed by atoms with van der Waals surface area (Å²) in [5, 5.41) is 14.8. The molecule has 3 rings (SSSR count). The molecule has 0 bridgehead atoms. The lowest BCUT2D eigenvalue weighted by atomic mass is 10.0. The third-order valence-corrected chi connectivity index (χ3v) is 4.52. The Bertz CT molecular complexity index is 786. The summed E-state index contributed by atoms with van der Waals surface area (Å²) in [6, 6.07) is 16.2. The zero-order valence-corrected chi connectivity index (χ0v) is 15.3. The molecule has 136 valence electrons. The molecule has 5 nitrogen and oxygen atoms in total. The van der Waals surface area contributed by atoms with Crippen molar-refractivity contribution in [3.63, 3.8) is 0 Å². The Morgan fingerprint density at radius 1 is 0.962 bits per heavy atom. The summed E-state index contributed by atoms with van der Waals surface area (Å²) >= 11 is 0. The normalized spacial score (nSPS) is 12.2.